The molecule has 3 heteroatoms. The van der Waals surface area contributed by atoms with Crippen molar-refractivity contribution in [2.75, 3.05) is 26.2 Å². The fourth-order valence-electron chi connectivity index (χ4n) is 1.99. The van der Waals surface area contributed by atoms with Gasteiger partial charge in [0.2, 0.25) is 0 Å². The third-order valence-corrected chi connectivity index (χ3v) is 3.11. The first kappa shape index (κ1) is 12.0. The number of para-hydroxylation sites is 1. The Morgan fingerprint density at radius 1 is 1.18 bits per heavy atom. The van der Waals surface area contributed by atoms with Crippen LogP contribution in [0.4, 0.5) is 0 Å². The number of rotatable bonds is 6. The molecule has 2 aromatic rings. The number of hydrogen-bond acceptors (Lipinski definition) is 2. The molecule has 0 aliphatic carbocycles. The Morgan fingerprint density at radius 2 is 1.94 bits per heavy atom. The van der Waals surface area contributed by atoms with E-state index in [0.717, 1.165) is 42.9 Å². The van der Waals surface area contributed by atoms with Crippen molar-refractivity contribution in [2.24, 2.45) is 0 Å². The topological polar surface area (TPSA) is 28.3 Å². The van der Waals surface area contributed by atoms with Gasteiger partial charge in [-0.15, -0.1) is 0 Å². The maximum atomic E-state index is 5.82. The zero-order chi connectivity index (χ0) is 12.1. The Bertz CT molecular complexity index is 460. The highest BCUT2D eigenvalue weighted by atomic mass is 16.5. The predicted molar refractivity (Wildman–Crippen MR) is 71.6 cm³/mol. The van der Waals surface area contributed by atoms with Gasteiger partial charge in [0, 0.05) is 23.6 Å². The monoisotopic (exact) mass is 232 g/mol. The van der Waals surface area contributed by atoms with Gasteiger partial charge in [0.15, 0.2) is 0 Å². The zero-order valence-corrected chi connectivity index (χ0v) is 10.6. The number of aromatic nitrogens is 1. The summed E-state index contributed by atoms with van der Waals surface area (Å²) in [6.45, 7) is 8.22. The van der Waals surface area contributed by atoms with Crippen LogP contribution in [0.15, 0.2) is 30.5 Å². The molecule has 1 N–H and O–H groups in total. The lowest BCUT2D eigenvalue weighted by atomic mass is 10.2. The van der Waals surface area contributed by atoms with Crippen LogP contribution in [0, 0.1) is 0 Å². The third kappa shape index (κ3) is 2.80. The number of H-pyrrole nitrogens is 1. The maximum Gasteiger partial charge on any atom is 0.144 e. The fourth-order valence-corrected chi connectivity index (χ4v) is 1.99. The van der Waals surface area contributed by atoms with Gasteiger partial charge >= 0.3 is 0 Å². The standard InChI is InChI=1S/C14H20N2O/c1-3-16(4-2)9-10-17-14-11-15-13-8-6-5-7-12(13)14/h5-8,11,15H,3-4,9-10H2,1-2H3. The van der Waals surface area contributed by atoms with Gasteiger partial charge in [-0.1, -0.05) is 26.0 Å². The minimum atomic E-state index is 0.740. The number of benzene rings is 1. The van der Waals surface area contributed by atoms with Gasteiger partial charge in [-0.25, -0.2) is 0 Å². The molecule has 2 rings (SSSR count). The summed E-state index contributed by atoms with van der Waals surface area (Å²) >= 11 is 0. The molecule has 17 heavy (non-hydrogen) atoms. The average Bonchev–Trinajstić information content (AvgIpc) is 2.78. The second kappa shape index (κ2) is 5.73. The Labute approximate surface area is 102 Å². The molecular weight excluding hydrogens is 212 g/mol. The summed E-state index contributed by atoms with van der Waals surface area (Å²) < 4.78 is 5.82. The van der Waals surface area contributed by atoms with Gasteiger partial charge in [-0.3, -0.25) is 0 Å². The van der Waals surface area contributed by atoms with Crippen LogP contribution in [0.5, 0.6) is 5.75 Å². The van der Waals surface area contributed by atoms with E-state index in [9.17, 15) is 0 Å². The molecule has 0 aliphatic rings. The smallest absolute Gasteiger partial charge is 0.144 e. The quantitative estimate of drug-likeness (QED) is 0.829. The largest absolute Gasteiger partial charge is 0.490 e. The molecule has 0 saturated heterocycles. The van der Waals surface area contributed by atoms with Crippen molar-refractivity contribution in [3.63, 3.8) is 0 Å². The molecule has 0 atom stereocenters. The van der Waals surface area contributed by atoms with Gasteiger partial charge in [0.25, 0.3) is 0 Å². The summed E-state index contributed by atoms with van der Waals surface area (Å²) in [6, 6.07) is 8.21. The number of fused-ring (bicyclic) bond motifs is 1. The Kier molecular flexibility index (Phi) is 4.04. The molecule has 0 spiro atoms. The highest BCUT2D eigenvalue weighted by molar-refractivity contribution is 5.85. The van der Waals surface area contributed by atoms with E-state index < -0.39 is 0 Å². The fraction of sp³-hybridized carbons (Fsp3) is 0.429. The lowest BCUT2D eigenvalue weighted by molar-refractivity contribution is 0.224. The van der Waals surface area contributed by atoms with Gasteiger partial charge in [0.1, 0.15) is 12.4 Å². The lowest BCUT2D eigenvalue weighted by Crippen LogP contribution is -2.27. The zero-order valence-electron chi connectivity index (χ0n) is 10.6. The molecule has 1 aromatic heterocycles. The Balaban J connectivity index is 1.95. The summed E-state index contributed by atoms with van der Waals surface area (Å²) in [5.74, 6) is 0.952. The summed E-state index contributed by atoms with van der Waals surface area (Å²) in [5, 5.41) is 1.16. The second-order valence-corrected chi connectivity index (χ2v) is 4.07. The van der Waals surface area contributed by atoms with E-state index in [2.05, 4.69) is 35.9 Å². The molecule has 0 aliphatic heterocycles. The van der Waals surface area contributed by atoms with E-state index in [-0.39, 0.29) is 0 Å². The number of nitrogens with one attached hydrogen (secondary N) is 1. The Hall–Kier alpha value is -1.48. The molecule has 0 saturated carbocycles. The first-order chi connectivity index (χ1) is 8.35. The molecule has 0 bridgehead atoms. The highest BCUT2D eigenvalue weighted by Gasteiger charge is 2.04. The van der Waals surface area contributed by atoms with Crippen molar-refractivity contribution in [3.8, 4) is 5.75 Å². The number of hydrogen-bond donors (Lipinski definition) is 1. The van der Waals surface area contributed by atoms with Crippen LogP contribution in [0.2, 0.25) is 0 Å². The van der Waals surface area contributed by atoms with Gasteiger partial charge in [0.05, 0.1) is 0 Å². The minimum Gasteiger partial charge on any atom is -0.490 e. The second-order valence-electron chi connectivity index (χ2n) is 4.07. The first-order valence-electron chi connectivity index (χ1n) is 6.26. The van der Waals surface area contributed by atoms with E-state index in [0.29, 0.717) is 0 Å². The average molecular weight is 232 g/mol. The molecule has 1 heterocycles. The van der Waals surface area contributed by atoms with Crippen LogP contribution in [0.3, 0.4) is 0 Å². The third-order valence-electron chi connectivity index (χ3n) is 3.11. The van der Waals surface area contributed by atoms with E-state index in [1.54, 1.807) is 0 Å². The van der Waals surface area contributed by atoms with Crippen molar-refractivity contribution >= 4 is 10.9 Å². The predicted octanol–water partition coefficient (Wildman–Crippen LogP) is 2.89. The number of aromatic amines is 1. The van der Waals surface area contributed by atoms with Crippen LogP contribution < -0.4 is 4.74 Å². The van der Waals surface area contributed by atoms with Crippen molar-refractivity contribution in [2.45, 2.75) is 13.8 Å². The van der Waals surface area contributed by atoms with Gasteiger partial charge in [-0.2, -0.15) is 0 Å². The van der Waals surface area contributed by atoms with Crippen molar-refractivity contribution in [1.82, 2.24) is 9.88 Å². The van der Waals surface area contributed by atoms with Crippen molar-refractivity contribution in [3.05, 3.63) is 30.5 Å². The molecule has 92 valence electrons. The normalized spacial score (nSPS) is 11.2. The van der Waals surface area contributed by atoms with Gasteiger partial charge in [-0.05, 0) is 25.2 Å². The van der Waals surface area contributed by atoms with E-state index in [4.69, 9.17) is 4.74 Å². The summed E-state index contributed by atoms with van der Waals surface area (Å²) in [4.78, 5) is 5.57. The molecule has 1 aromatic carbocycles. The number of nitrogens with zero attached hydrogens (tertiary/aromatic N) is 1. The first-order valence-corrected chi connectivity index (χ1v) is 6.26. The maximum absolute atomic E-state index is 5.82. The number of likely N-dealkylation sites (N-methyl/N-ethyl adjacent to an activating group) is 1. The van der Waals surface area contributed by atoms with Gasteiger partial charge < -0.3 is 14.6 Å². The molecule has 3 nitrogen and oxygen atoms in total. The molecular formula is C14H20N2O. The molecule has 0 radical (unpaired) electrons. The van der Waals surface area contributed by atoms with E-state index in [1.165, 1.54) is 0 Å². The van der Waals surface area contributed by atoms with Crippen molar-refractivity contribution < 1.29 is 4.74 Å². The molecule has 0 amide bonds. The van der Waals surface area contributed by atoms with Crippen LogP contribution in [-0.4, -0.2) is 36.1 Å². The van der Waals surface area contributed by atoms with Crippen LogP contribution in [-0.2, 0) is 0 Å². The molecule has 0 unspecified atom stereocenters. The van der Waals surface area contributed by atoms with Crippen LogP contribution >= 0.6 is 0 Å². The molecule has 0 fully saturated rings. The van der Waals surface area contributed by atoms with E-state index >= 15 is 0 Å². The number of ether oxygens (including phenoxy) is 1. The summed E-state index contributed by atoms with van der Waals surface area (Å²) in [7, 11) is 0. The van der Waals surface area contributed by atoms with Crippen LogP contribution in [0.1, 0.15) is 13.8 Å². The lowest BCUT2D eigenvalue weighted by Gasteiger charge is -2.17. The van der Waals surface area contributed by atoms with Crippen molar-refractivity contribution in [1.29, 1.82) is 0 Å². The highest BCUT2D eigenvalue weighted by Crippen LogP contribution is 2.24. The van der Waals surface area contributed by atoms with Crippen LogP contribution in [0.25, 0.3) is 10.9 Å². The Morgan fingerprint density at radius 3 is 2.71 bits per heavy atom. The summed E-state index contributed by atoms with van der Waals surface area (Å²) in [6.07, 6.45) is 1.94. The SMILES string of the molecule is CCN(CC)CCOc1c[nH]c2ccccc12. The summed E-state index contributed by atoms with van der Waals surface area (Å²) in [5.41, 5.74) is 1.13. The van der Waals surface area contributed by atoms with E-state index in [1.807, 2.05) is 18.3 Å². The minimum absolute atomic E-state index is 0.740.